The summed E-state index contributed by atoms with van der Waals surface area (Å²) in [6.07, 6.45) is 4.92. The lowest BCUT2D eigenvalue weighted by Gasteiger charge is -2.32. The van der Waals surface area contributed by atoms with Crippen LogP contribution in [0.15, 0.2) is 24.3 Å². The average molecular weight is 260 g/mol. The average Bonchev–Trinajstić information content (AvgIpc) is 2.45. The molecule has 0 aromatic heterocycles. The minimum absolute atomic E-state index is 0.327. The number of nitrogens with zero attached hydrogens (tertiary/aromatic N) is 1. The highest BCUT2D eigenvalue weighted by Crippen LogP contribution is 2.29. The number of anilines is 1. The van der Waals surface area contributed by atoms with Crippen LogP contribution in [0.25, 0.3) is 0 Å². The minimum atomic E-state index is 0.327. The molecule has 3 nitrogen and oxygen atoms in total. The Hall–Kier alpha value is -1.51. The monoisotopic (exact) mass is 260 g/mol. The molecular weight excluding hydrogens is 236 g/mol. The second kappa shape index (κ2) is 6.60. The maximum Gasteiger partial charge on any atom is 0.222 e. The molecule has 1 aromatic rings. The number of rotatable bonds is 4. The van der Waals surface area contributed by atoms with E-state index in [1.807, 2.05) is 17.0 Å². The lowest BCUT2D eigenvalue weighted by Crippen LogP contribution is -2.37. The van der Waals surface area contributed by atoms with Crippen molar-refractivity contribution >= 4 is 11.6 Å². The van der Waals surface area contributed by atoms with E-state index in [0.29, 0.717) is 18.2 Å². The van der Waals surface area contributed by atoms with Crippen molar-refractivity contribution in [1.29, 1.82) is 0 Å². The topological polar surface area (TPSA) is 46.3 Å². The summed E-state index contributed by atoms with van der Waals surface area (Å²) < 4.78 is 0. The van der Waals surface area contributed by atoms with Crippen molar-refractivity contribution in [3.63, 3.8) is 0 Å². The Morgan fingerprint density at radius 2 is 2.11 bits per heavy atom. The van der Waals surface area contributed by atoms with Crippen LogP contribution < -0.4 is 5.73 Å². The molecule has 2 rings (SSSR count). The summed E-state index contributed by atoms with van der Waals surface area (Å²) in [7, 11) is 0. The first-order chi connectivity index (χ1) is 9.20. The van der Waals surface area contributed by atoms with E-state index in [0.717, 1.165) is 44.5 Å². The first kappa shape index (κ1) is 13.9. The molecule has 0 saturated carbocycles. The van der Waals surface area contributed by atoms with Gasteiger partial charge in [-0.15, -0.1) is 0 Å². The Labute approximate surface area is 115 Å². The van der Waals surface area contributed by atoms with Gasteiger partial charge in [-0.1, -0.05) is 25.5 Å². The van der Waals surface area contributed by atoms with Crippen molar-refractivity contribution < 1.29 is 4.79 Å². The molecule has 2 N–H and O–H groups in total. The molecule has 0 bridgehead atoms. The number of unbranched alkanes of at least 4 members (excludes halogenated alkanes) is 1. The molecule has 0 aliphatic carbocycles. The molecule has 1 aromatic carbocycles. The van der Waals surface area contributed by atoms with Gasteiger partial charge in [0.25, 0.3) is 0 Å². The van der Waals surface area contributed by atoms with Gasteiger partial charge in [-0.3, -0.25) is 4.79 Å². The number of carbonyl (C=O) groups is 1. The quantitative estimate of drug-likeness (QED) is 0.845. The molecule has 1 heterocycles. The van der Waals surface area contributed by atoms with E-state index >= 15 is 0 Å². The van der Waals surface area contributed by atoms with Crippen molar-refractivity contribution in [2.45, 2.75) is 44.9 Å². The predicted octanol–water partition coefficient (Wildman–Crippen LogP) is 3.17. The number of likely N-dealkylation sites (tertiary alicyclic amines) is 1. The molecule has 0 spiro atoms. The highest BCUT2D eigenvalue weighted by Gasteiger charge is 2.23. The first-order valence-electron chi connectivity index (χ1n) is 7.34. The number of nitrogens with two attached hydrogens (primary N) is 1. The van der Waals surface area contributed by atoms with Gasteiger partial charge in [-0.05, 0) is 42.9 Å². The lowest BCUT2D eigenvalue weighted by atomic mass is 9.89. The van der Waals surface area contributed by atoms with Crippen LogP contribution in [-0.2, 0) is 4.79 Å². The zero-order valence-corrected chi connectivity index (χ0v) is 11.8. The van der Waals surface area contributed by atoms with Crippen LogP contribution >= 0.6 is 0 Å². The number of hydrogen-bond acceptors (Lipinski definition) is 2. The molecule has 3 heteroatoms. The summed E-state index contributed by atoms with van der Waals surface area (Å²) in [6, 6.07) is 8.16. The van der Waals surface area contributed by atoms with E-state index in [1.54, 1.807) is 0 Å². The lowest BCUT2D eigenvalue weighted by molar-refractivity contribution is -0.132. The molecule has 1 fully saturated rings. The summed E-state index contributed by atoms with van der Waals surface area (Å²) >= 11 is 0. The molecule has 0 radical (unpaired) electrons. The van der Waals surface area contributed by atoms with Crippen molar-refractivity contribution in [3.8, 4) is 0 Å². The Bertz CT molecular complexity index is 423. The fourth-order valence-corrected chi connectivity index (χ4v) is 2.76. The van der Waals surface area contributed by atoms with Gasteiger partial charge in [0, 0.05) is 25.2 Å². The molecule has 1 saturated heterocycles. The first-order valence-corrected chi connectivity index (χ1v) is 7.34. The summed E-state index contributed by atoms with van der Waals surface area (Å²) in [6.45, 7) is 3.91. The van der Waals surface area contributed by atoms with Gasteiger partial charge in [0.15, 0.2) is 0 Å². The Kier molecular flexibility index (Phi) is 4.83. The summed E-state index contributed by atoms with van der Waals surface area (Å²) in [5, 5.41) is 0. The Morgan fingerprint density at radius 3 is 2.74 bits per heavy atom. The van der Waals surface area contributed by atoms with Gasteiger partial charge in [-0.2, -0.15) is 0 Å². The molecule has 1 aliphatic rings. The third-order valence-electron chi connectivity index (χ3n) is 3.97. The zero-order valence-electron chi connectivity index (χ0n) is 11.8. The Balaban J connectivity index is 1.87. The number of hydrogen-bond donors (Lipinski definition) is 1. The standard InChI is InChI=1S/C16H24N2O/c1-2-3-7-16(19)18-10-8-13(9-11-18)14-5-4-6-15(17)12-14/h4-6,12-13H,2-3,7-11,17H2,1H3. The molecule has 1 amide bonds. The maximum absolute atomic E-state index is 12.0. The smallest absolute Gasteiger partial charge is 0.222 e. The van der Waals surface area contributed by atoms with Gasteiger partial charge >= 0.3 is 0 Å². The van der Waals surface area contributed by atoms with Gasteiger partial charge in [0.1, 0.15) is 0 Å². The number of amides is 1. The van der Waals surface area contributed by atoms with Crippen LogP contribution in [0.2, 0.25) is 0 Å². The number of piperidine rings is 1. The molecule has 0 unspecified atom stereocenters. The van der Waals surface area contributed by atoms with E-state index in [-0.39, 0.29) is 0 Å². The van der Waals surface area contributed by atoms with Crippen LogP contribution in [0.3, 0.4) is 0 Å². The van der Waals surface area contributed by atoms with Gasteiger partial charge in [-0.25, -0.2) is 0 Å². The van der Waals surface area contributed by atoms with Crippen LogP contribution in [0.1, 0.15) is 50.5 Å². The molecule has 0 atom stereocenters. The summed E-state index contributed by atoms with van der Waals surface area (Å²) in [4.78, 5) is 14.0. The highest BCUT2D eigenvalue weighted by molar-refractivity contribution is 5.76. The number of carbonyl (C=O) groups excluding carboxylic acids is 1. The fourth-order valence-electron chi connectivity index (χ4n) is 2.76. The number of benzene rings is 1. The minimum Gasteiger partial charge on any atom is -0.399 e. The van der Waals surface area contributed by atoms with Crippen molar-refractivity contribution in [2.75, 3.05) is 18.8 Å². The fraction of sp³-hybridized carbons (Fsp3) is 0.562. The van der Waals surface area contributed by atoms with Crippen LogP contribution in [0.5, 0.6) is 0 Å². The van der Waals surface area contributed by atoms with Crippen molar-refractivity contribution in [3.05, 3.63) is 29.8 Å². The molecule has 1 aliphatic heterocycles. The van der Waals surface area contributed by atoms with Gasteiger partial charge < -0.3 is 10.6 Å². The second-order valence-electron chi connectivity index (χ2n) is 5.43. The SMILES string of the molecule is CCCCC(=O)N1CCC(c2cccc(N)c2)CC1. The van der Waals surface area contributed by atoms with Crippen LogP contribution in [0, 0.1) is 0 Å². The van der Waals surface area contributed by atoms with Crippen molar-refractivity contribution in [1.82, 2.24) is 4.90 Å². The summed E-state index contributed by atoms with van der Waals surface area (Å²) in [5.74, 6) is 0.881. The van der Waals surface area contributed by atoms with Crippen molar-refractivity contribution in [2.24, 2.45) is 0 Å². The number of nitrogen functional groups attached to an aromatic ring is 1. The highest BCUT2D eigenvalue weighted by atomic mass is 16.2. The molecule has 104 valence electrons. The predicted molar refractivity (Wildman–Crippen MR) is 78.9 cm³/mol. The summed E-state index contributed by atoms with van der Waals surface area (Å²) in [5.41, 5.74) is 7.98. The van der Waals surface area contributed by atoms with E-state index in [9.17, 15) is 4.79 Å². The maximum atomic E-state index is 12.0. The van der Waals surface area contributed by atoms with Crippen LogP contribution in [0.4, 0.5) is 5.69 Å². The molecule has 19 heavy (non-hydrogen) atoms. The van der Waals surface area contributed by atoms with Crippen LogP contribution in [-0.4, -0.2) is 23.9 Å². The normalized spacial score (nSPS) is 16.6. The third kappa shape index (κ3) is 3.72. The van der Waals surface area contributed by atoms with E-state index in [1.165, 1.54) is 5.56 Å². The largest absolute Gasteiger partial charge is 0.399 e. The van der Waals surface area contributed by atoms with E-state index < -0.39 is 0 Å². The zero-order chi connectivity index (χ0) is 13.7. The second-order valence-corrected chi connectivity index (χ2v) is 5.43. The van der Waals surface area contributed by atoms with E-state index in [2.05, 4.69) is 19.1 Å². The Morgan fingerprint density at radius 1 is 1.37 bits per heavy atom. The van der Waals surface area contributed by atoms with Gasteiger partial charge in [0.2, 0.25) is 5.91 Å². The van der Waals surface area contributed by atoms with Gasteiger partial charge in [0.05, 0.1) is 0 Å². The van der Waals surface area contributed by atoms with E-state index in [4.69, 9.17) is 5.73 Å². The third-order valence-corrected chi connectivity index (χ3v) is 3.97. The molecular formula is C16H24N2O.